The SMILES string of the molecule is O=c1[nH]ccn(Cc2ccccc2)c1=O. The number of rotatable bonds is 2. The Kier molecular flexibility index (Phi) is 2.49. The molecule has 1 N–H and O–H groups in total. The molecule has 1 aromatic heterocycles. The van der Waals surface area contributed by atoms with Crippen LogP contribution in [0.2, 0.25) is 0 Å². The van der Waals surface area contributed by atoms with Gasteiger partial charge in [0.2, 0.25) is 0 Å². The number of benzene rings is 1. The molecule has 4 nitrogen and oxygen atoms in total. The summed E-state index contributed by atoms with van der Waals surface area (Å²) in [5.41, 5.74) is -0.125. The van der Waals surface area contributed by atoms with Crippen molar-refractivity contribution >= 4 is 0 Å². The number of nitrogens with zero attached hydrogens (tertiary/aromatic N) is 1. The Morgan fingerprint density at radius 1 is 1.13 bits per heavy atom. The van der Waals surface area contributed by atoms with Crippen molar-refractivity contribution in [2.24, 2.45) is 0 Å². The zero-order valence-corrected chi connectivity index (χ0v) is 8.01. The van der Waals surface area contributed by atoms with Crippen LogP contribution in [0.25, 0.3) is 0 Å². The zero-order chi connectivity index (χ0) is 10.7. The van der Waals surface area contributed by atoms with Gasteiger partial charge in [0.25, 0.3) is 0 Å². The molecule has 2 aromatic rings. The molecule has 4 heteroatoms. The van der Waals surface area contributed by atoms with Crippen LogP contribution >= 0.6 is 0 Å². The van der Waals surface area contributed by atoms with E-state index in [2.05, 4.69) is 4.98 Å². The van der Waals surface area contributed by atoms with Gasteiger partial charge in [-0.3, -0.25) is 9.59 Å². The lowest BCUT2D eigenvalue weighted by molar-refractivity contribution is 0.737. The number of aromatic amines is 1. The van der Waals surface area contributed by atoms with E-state index in [0.717, 1.165) is 5.56 Å². The molecular weight excluding hydrogens is 192 g/mol. The second-order valence-corrected chi connectivity index (χ2v) is 3.21. The minimum Gasteiger partial charge on any atom is -0.323 e. The number of nitrogens with one attached hydrogen (secondary N) is 1. The van der Waals surface area contributed by atoms with Crippen LogP contribution in [-0.2, 0) is 6.54 Å². The quantitative estimate of drug-likeness (QED) is 0.724. The van der Waals surface area contributed by atoms with Gasteiger partial charge < -0.3 is 9.55 Å². The number of hydrogen-bond donors (Lipinski definition) is 1. The summed E-state index contributed by atoms with van der Waals surface area (Å²) in [5.74, 6) is 0. The fourth-order valence-corrected chi connectivity index (χ4v) is 1.37. The van der Waals surface area contributed by atoms with Crippen LogP contribution in [0, 0.1) is 0 Å². The highest BCUT2D eigenvalue weighted by atomic mass is 16.2. The van der Waals surface area contributed by atoms with Crippen molar-refractivity contribution in [3.63, 3.8) is 0 Å². The third kappa shape index (κ3) is 2.04. The molecule has 0 radical (unpaired) electrons. The van der Waals surface area contributed by atoms with Gasteiger partial charge in [-0.25, -0.2) is 0 Å². The standard InChI is InChI=1S/C11H10N2O2/c14-10-11(15)13(7-6-12-10)8-9-4-2-1-3-5-9/h1-7H,8H2,(H,12,14). The van der Waals surface area contributed by atoms with Gasteiger partial charge >= 0.3 is 11.1 Å². The van der Waals surface area contributed by atoms with Crippen LogP contribution in [0.4, 0.5) is 0 Å². The van der Waals surface area contributed by atoms with Crippen LogP contribution < -0.4 is 11.1 Å². The van der Waals surface area contributed by atoms with Crippen LogP contribution in [0.15, 0.2) is 52.3 Å². The van der Waals surface area contributed by atoms with Crippen molar-refractivity contribution < 1.29 is 0 Å². The Hall–Kier alpha value is -2.10. The molecular formula is C11H10N2O2. The van der Waals surface area contributed by atoms with E-state index in [9.17, 15) is 9.59 Å². The maximum Gasteiger partial charge on any atom is 0.316 e. The zero-order valence-electron chi connectivity index (χ0n) is 8.01. The summed E-state index contributed by atoms with van der Waals surface area (Å²) in [4.78, 5) is 24.8. The number of aromatic nitrogens is 2. The number of hydrogen-bond acceptors (Lipinski definition) is 2. The minimum atomic E-state index is -0.589. The second kappa shape index (κ2) is 3.96. The average Bonchev–Trinajstić information content (AvgIpc) is 2.26. The van der Waals surface area contributed by atoms with Crippen LogP contribution in [0.3, 0.4) is 0 Å². The van der Waals surface area contributed by atoms with Gasteiger partial charge in [0.15, 0.2) is 0 Å². The first kappa shape index (κ1) is 9.45. The van der Waals surface area contributed by atoms with Crippen molar-refractivity contribution in [1.82, 2.24) is 9.55 Å². The molecule has 76 valence electrons. The third-order valence-electron chi connectivity index (χ3n) is 2.12. The maximum absolute atomic E-state index is 11.4. The molecule has 0 amide bonds. The van der Waals surface area contributed by atoms with Crippen molar-refractivity contribution in [2.75, 3.05) is 0 Å². The van der Waals surface area contributed by atoms with Crippen molar-refractivity contribution in [2.45, 2.75) is 6.54 Å². The van der Waals surface area contributed by atoms with Gasteiger partial charge in [0.05, 0.1) is 6.54 Å². The minimum absolute atomic E-state index is 0.420. The molecule has 0 saturated carbocycles. The molecule has 15 heavy (non-hydrogen) atoms. The first-order chi connectivity index (χ1) is 7.27. The predicted octanol–water partition coefficient (Wildman–Crippen LogP) is 0.585. The summed E-state index contributed by atoms with van der Waals surface area (Å²) in [6.07, 6.45) is 3.03. The third-order valence-corrected chi connectivity index (χ3v) is 2.12. The van der Waals surface area contributed by atoms with E-state index in [-0.39, 0.29) is 0 Å². The van der Waals surface area contributed by atoms with E-state index >= 15 is 0 Å². The lowest BCUT2D eigenvalue weighted by Gasteiger charge is -2.03. The smallest absolute Gasteiger partial charge is 0.316 e. The summed E-state index contributed by atoms with van der Waals surface area (Å²) >= 11 is 0. The first-order valence-electron chi connectivity index (χ1n) is 4.59. The van der Waals surface area contributed by atoms with Gasteiger partial charge in [-0.05, 0) is 5.56 Å². The van der Waals surface area contributed by atoms with Gasteiger partial charge in [-0.15, -0.1) is 0 Å². The average molecular weight is 202 g/mol. The Labute approximate surface area is 85.8 Å². The Balaban J connectivity index is 2.38. The van der Waals surface area contributed by atoms with Crippen molar-refractivity contribution in [1.29, 1.82) is 0 Å². The van der Waals surface area contributed by atoms with Crippen LogP contribution in [0.5, 0.6) is 0 Å². The number of H-pyrrole nitrogens is 1. The van der Waals surface area contributed by atoms with E-state index in [0.29, 0.717) is 6.54 Å². The lowest BCUT2D eigenvalue weighted by Crippen LogP contribution is -2.35. The highest BCUT2D eigenvalue weighted by Crippen LogP contribution is 1.98. The normalized spacial score (nSPS) is 10.1. The summed E-state index contributed by atoms with van der Waals surface area (Å²) in [6.45, 7) is 0.420. The molecule has 0 fully saturated rings. The first-order valence-corrected chi connectivity index (χ1v) is 4.59. The fourth-order valence-electron chi connectivity index (χ4n) is 1.37. The molecule has 0 aliphatic heterocycles. The molecule has 1 aromatic carbocycles. The Bertz CT molecular complexity index is 555. The van der Waals surface area contributed by atoms with E-state index in [1.807, 2.05) is 30.3 Å². The molecule has 0 spiro atoms. The molecule has 1 heterocycles. The lowest BCUT2D eigenvalue weighted by atomic mass is 10.2. The molecule has 2 rings (SSSR count). The van der Waals surface area contributed by atoms with Crippen LogP contribution in [0.1, 0.15) is 5.56 Å². The predicted molar refractivity (Wildman–Crippen MR) is 56.9 cm³/mol. The highest BCUT2D eigenvalue weighted by Gasteiger charge is 1.99. The van der Waals surface area contributed by atoms with Gasteiger partial charge in [-0.1, -0.05) is 30.3 Å². The molecule has 0 unspecified atom stereocenters. The monoisotopic (exact) mass is 202 g/mol. The van der Waals surface area contributed by atoms with Crippen LogP contribution in [-0.4, -0.2) is 9.55 Å². The molecule has 0 aliphatic rings. The van der Waals surface area contributed by atoms with E-state index in [1.54, 1.807) is 6.20 Å². The molecule has 0 saturated heterocycles. The molecule has 0 aliphatic carbocycles. The highest BCUT2D eigenvalue weighted by molar-refractivity contribution is 5.15. The maximum atomic E-state index is 11.4. The van der Waals surface area contributed by atoms with Crippen molar-refractivity contribution in [3.05, 3.63) is 69.0 Å². The second-order valence-electron chi connectivity index (χ2n) is 3.21. The van der Waals surface area contributed by atoms with Gasteiger partial charge in [0, 0.05) is 12.4 Å². The summed E-state index contributed by atoms with van der Waals surface area (Å²) in [6, 6.07) is 9.52. The summed E-state index contributed by atoms with van der Waals surface area (Å²) in [7, 11) is 0. The van der Waals surface area contributed by atoms with E-state index in [4.69, 9.17) is 0 Å². The van der Waals surface area contributed by atoms with E-state index in [1.165, 1.54) is 10.8 Å². The topological polar surface area (TPSA) is 54.9 Å². The molecule has 0 bridgehead atoms. The molecule has 0 atom stereocenters. The Morgan fingerprint density at radius 2 is 1.87 bits per heavy atom. The fraction of sp³-hybridized carbons (Fsp3) is 0.0909. The Morgan fingerprint density at radius 3 is 2.60 bits per heavy atom. The summed E-state index contributed by atoms with van der Waals surface area (Å²) in [5, 5.41) is 0. The van der Waals surface area contributed by atoms with Gasteiger partial charge in [0.1, 0.15) is 0 Å². The van der Waals surface area contributed by atoms with E-state index < -0.39 is 11.1 Å². The summed E-state index contributed by atoms with van der Waals surface area (Å²) < 4.78 is 1.38. The van der Waals surface area contributed by atoms with Gasteiger partial charge in [-0.2, -0.15) is 0 Å². The largest absolute Gasteiger partial charge is 0.323 e. The van der Waals surface area contributed by atoms with Crippen molar-refractivity contribution in [3.8, 4) is 0 Å².